The second kappa shape index (κ2) is 19.6. The Morgan fingerprint density at radius 3 is 1.90 bits per heavy atom. The third-order valence-electron chi connectivity index (χ3n) is 3.70. The number of benzene rings is 2. The summed E-state index contributed by atoms with van der Waals surface area (Å²) < 4.78 is 4.96. The summed E-state index contributed by atoms with van der Waals surface area (Å²) in [5, 5.41) is 19.1. The van der Waals surface area contributed by atoms with E-state index in [0.29, 0.717) is 32.0 Å². The number of rotatable bonds is 6. The van der Waals surface area contributed by atoms with E-state index < -0.39 is 0 Å². The molecule has 0 aliphatic carbocycles. The van der Waals surface area contributed by atoms with Crippen LogP contribution in [-0.2, 0) is 17.8 Å². The molecule has 0 spiro atoms. The van der Waals surface area contributed by atoms with Gasteiger partial charge in [-0.3, -0.25) is 10.3 Å². The van der Waals surface area contributed by atoms with E-state index in [-0.39, 0.29) is 0 Å². The first-order valence-corrected chi connectivity index (χ1v) is 10.2. The summed E-state index contributed by atoms with van der Waals surface area (Å²) >= 11 is 0. The zero-order valence-electron chi connectivity index (χ0n) is 18.6. The van der Waals surface area contributed by atoms with Gasteiger partial charge < -0.3 is 10.5 Å². The molecule has 0 unspecified atom stereocenters. The van der Waals surface area contributed by atoms with E-state index in [1.165, 1.54) is 5.56 Å². The molecule has 0 aromatic heterocycles. The van der Waals surface area contributed by atoms with Gasteiger partial charge in [0.05, 0.1) is 13.2 Å². The second-order valence-corrected chi connectivity index (χ2v) is 5.92. The van der Waals surface area contributed by atoms with Gasteiger partial charge in [-0.15, -0.1) is 4.99 Å². The minimum atomic E-state index is 0.514. The molecular formula is C24H32N6O. The molecule has 31 heavy (non-hydrogen) atoms. The van der Waals surface area contributed by atoms with Crippen LogP contribution < -0.4 is 11.1 Å². The number of aliphatic imine (C=N–C) groups is 2. The SMILES string of the molecule is CCC(=NCc1ccccc1)NC#N.CCOC(CC)=NC#N.NCc1ccccc1. The van der Waals surface area contributed by atoms with E-state index >= 15 is 0 Å². The molecule has 3 N–H and O–H groups in total. The van der Waals surface area contributed by atoms with Gasteiger partial charge in [0.2, 0.25) is 6.19 Å². The van der Waals surface area contributed by atoms with E-state index in [1.54, 1.807) is 6.19 Å². The lowest BCUT2D eigenvalue weighted by molar-refractivity contribution is 0.319. The number of nitrogens with one attached hydrogen (secondary N) is 1. The monoisotopic (exact) mass is 420 g/mol. The Labute approximate surface area is 185 Å². The fraction of sp³-hybridized carbons (Fsp3) is 0.333. The summed E-state index contributed by atoms with van der Waals surface area (Å²) in [5.74, 6) is 1.25. The molecule has 0 radical (unpaired) electrons. The predicted molar refractivity (Wildman–Crippen MR) is 126 cm³/mol. The average molecular weight is 421 g/mol. The van der Waals surface area contributed by atoms with Crippen LogP contribution in [0.15, 0.2) is 70.6 Å². The van der Waals surface area contributed by atoms with E-state index in [4.69, 9.17) is 21.0 Å². The van der Waals surface area contributed by atoms with Crippen molar-refractivity contribution in [1.82, 2.24) is 5.32 Å². The lowest BCUT2D eigenvalue weighted by Crippen LogP contribution is -2.16. The zero-order valence-corrected chi connectivity index (χ0v) is 18.6. The van der Waals surface area contributed by atoms with Crippen LogP contribution in [0.4, 0.5) is 0 Å². The largest absolute Gasteiger partial charge is 0.481 e. The topological polar surface area (TPSA) is 120 Å². The molecule has 0 bridgehead atoms. The lowest BCUT2D eigenvalue weighted by Gasteiger charge is -2.00. The Kier molecular flexibility index (Phi) is 17.3. The maximum atomic E-state index is 8.42. The van der Waals surface area contributed by atoms with E-state index in [1.807, 2.05) is 87.6 Å². The van der Waals surface area contributed by atoms with E-state index in [2.05, 4.69) is 15.3 Å². The molecule has 7 heteroatoms. The average Bonchev–Trinajstić information content (AvgIpc) is 2.83. The van der Waals surface area contributed by atoms with Gasteiger partial charge in [0.25, 0.3) is 0 Å². The van der Waals surface area contributed by atoms with Crippen molar-refractivity contribution < 1.29 is 4.74 Å². The highest BCUT2D eigenvalue weighted by atomic mass is 16.5. The minimum absolute atomic E-state index is 0.514. The molecule has 0 aliphatic rings. The fourth-order valence-electron chi connectivity index (χ4n) is 2.12. The van der Waals surface area contributed by atoms with Crippen LogP contribution in [0.3, 0.4) is 0 Å². The molecule has 2 rings (SSSR count). The normalized spacial score (nSPS) is 10.3. The summed E-state index contributed by atoms with van der Waals surface area (Å²) in [6.45, 7) is 7.57. The van der Waals surface area contributed by atoms with Crippen LogP contribution in [0.5, 0.6) is 0 Å². The molecule has 0 atom stereocenters. The van der Waals surface area contributed by atoms with Gasteiger partial charge in [-0.2, -0.15) is 10.5 Å². The van der Waals surface area contributed by atoms with Gasteiger partial charge >= 0.3 is 0 Å². The van der Waals surface area contributed by atoms with Gasteiger partial charge in [0.15, 0.2) is 12.1 Å². The van der Waals surface area contributed by atoms with Crippen molar-refractivity contribution in [2.45, 2.75) is 46.7 Å². The number of nitrogens with two attached hydrogens (primary N) is 1. The molecule has 0 amide bonds. The van der Waals surface area contributed by atoms with Crippen molar-refractivity contribution in [2.24, 2.45) is 15.7 Å². The number of nitriles is 2. The van der Waals surface area contributed by atoms with Crippen molar-refractivity contribution >= 4 is 11.7 Å². The smallest absolute Gasteiger partial charge is 0.208 e. The Morgan fingerprint density at radius 2 is 1.52 bits per heavy atom. The second-order valence-electron chi connectivity index (χ2n) is 5.92. The molecule has 2 aromatic rings. The fourth-order valence-corrected chi connectivity index (χ4v) is 2.12. The Balaban J connectivity index is 0.000000460. The third-order valence-corrected chi connectivity index (χ3v) is 3.70. The lowest BCUT2D eigenvalue weighted by atomic mass is 10.2. The summed E-state index contributed by atoms with van der Waals surface area (Å²) in [4.78, 5) is 7.72. The van der Waals surface area contributed by atoms with Crippen molar-refractivity contribution in [1.29, 1.82) is 10.5 Å². The number of ether oxygens (including phenoxy) is 1. The minimum Gasteiger partial charge on any atom is -0.481 e. The predicted octanol–water partition coefficient (Wildman–Crippen LogP) is 4.52. The quantitative estimate of drug-likeness (QED) is 0.308. The first-order chi connectivity index (χ1) is 15.1. The van der Waals surface area contributed by atoms with Crippen LogP contribution in [0.1, 0.15) is 44.7 Å². The number of nitrogens with zero attached hydrogens (tertiary/aromatic N) is 4. The van der Waals surface area contributed by atoms with Crippen LogP contribution in [0.25, 0.3) is 0 Å². The van der Waals surface area contributed by atoms with Gasteiger partial charge in [0, 0.05) is 19.4 Å². The van der Waals surface area contributed by atoms with Crippen molar-refractivity contribution in [3.8, 4) is 12.4 Å². The Bertz CT molecular complexity index is 836. The van der Waals surface area contributed by atoms with Crippen LogP contribution in [-0.4, -0.2) is 18.3 Å². The molecule has 0 saturated carbocycles. The van der Waals surface area contributed by atoms with Crippen LogP contribution in [0.2, 0.25) is 0 Å². The van der Waals surface area contributed by atoms with Gasteiger partial charge in [-0.1, -0.05) is 74.5 Å². The van der Waals surface area contributed by atoms with Gasteiger partial charge in [-0.25, -0.2) is 0 Å². The Morgan fingerprint density at radius 1 is 0.935 bits per heavy atom. The zero-order chi connectivity index (χ0) is 23.2. The molecule has 0 saturated heterocycles. The van der Waals surface area contributed by atoms with Crippen molar-refractivity contribution in [3.05, 3.63) is 71.8 Å². The molecular weight excluding hydrogens is 388 g/mol. The summed E-state index contributed by atoms with van der Waals surface area (Å²) in [7, 11) is 0. The third kappa shape index (κ3) is 14.9. The molecule has 0 aliphatic heterocycles. The number of hydrogen-bond acceptors (Lipinski definition) is 6. The van der Waals surface area contributed by atoms with Crippen LogP contribution in [0, 0.1) is 22.9 Å². The molecule has 2 aromatic carbocycles. The molecule has 164 valence electrons. The summed E-state index contributed by atoms with van der Waals surface area (Å²) in [6, 6.07) is 20.0. The number of hydrogen-bond donors (Lipinski definition) is 2. The highest BCUT2D eigenvalue weighted by Crippen LogP contribution is 2.00. The highest BCUT2D eigenvalue weighted by molar-refractivity contribution is 5.83. The van der Waals surface area contributed by atoms with E-state index in [0.717, 1.165) is 17.8 Å². The summed E-state index contributed by atoms with van der Waals surface area (Å²) in [6.07, 6.45) is 4.97. The standard InChI is InChI=1S/C11H13N3.C7H9N.C6H10N2O/c1-2-11(14-9-12)13-8-10-6-4-3-5-7-10;8-6-7-4-2-1-3-5-7;1-3-6(8-5-7)9-4-2/h3-7H,2,8H2,1H3,(H,13,14);1-5H,6,8H2;3-4H2,1-2H3. The number of amidine groups is 1. The Hall–Kier alpha value is -3.68. The maximum Gasteiger partial charge on any atom is 0.208 e. The highest BCUT2D eigenvalue weighted by Gasteiger charge is 1.93. The van der Waals surface area contributed by atoms with E-state index in [9.17, 15) is 0 Å². The van der Waals surface area contributed by atoms with Gasteiger partial charge in [0.1, 0.15) is 5.84 Å². The maximum absolute atomic E-state index is 8.42. The first kappa shape index (κ1) is 27.3. The van der Waals surface area contributed by atoms with Crippen LogP contribution >= 0.6 is 0 Å². The van der Waals surface area contributed by atoms with Crippen molar-refractivity contribution in [3.63, 3.8) is 0 Å². The van der Waals surface area contributed by atoms with Gasteiger partial charge in [-0.05, 0) is 18.1 Å². The first-order valence-electron chi connectivity index (χ1n) is 10.2. The molecule has 0 heterocycles. The molecule has 7 nitrogen and oxygen atoms in total. The summed E-state index contributed by atoms with van der Waals surface area (Å²) in [5.41, 5.74) is 7.69. The molecule has 0 fully saturated rings. The van der Waals surface area contributed by atoms with Crippen molar-refractivity contribution in [2.75, 3.05) is 6.61 Å².